The highest BCUT2D eigenvalue weighted by Crippen LogP contribution is 2.43. The molecule has 1 aromatic rings. The molecule has 1 aromatic carbocycles. The van der Waals surface area contributed by atoms with Crippen LogP contribution in [0.4, 0.5) is 0 Å². The van der Waals surface area contributed by atoms with E-state index < -0.39 is 10.0 Å². The van der Waals surface area contributed by atoms with Crippen LogP contribution >= 0.6 is 0 Å². The molecule has 25 heavy (non-hydrogen) atoms. The molecule has 0 aliphatic carbocycles. The lowest BCUT2D eigenvalue weighted by Gasteiger charge is -2.41. The van der Waals surface area contributed by atoms with E-state index in [1.54, 1.807) is 42.8 Å². The number of hydrogen-bond acceptors (Lipinski definition) is 5. The van der Waals surface area contributed by atoms with E-state index in [0.717, 1.165) is 38.9 Å². The second kappa shape index (κ2) is 7.61. The molecule has 0 N–H and O–H groups in total. The summed E-state index contributed by atoms with van der Waals surface area (Å²) >= 11 is 0. The van der Waals surface area contributed by atoms with E-state index in [2.05, 4.69) is 0 Å². The summed E-state index contributed by atoms with van der Waals surface area (Å²) in [4.78, 5) is 0.313. The molecule has 0 amide bonds. The molecule has 3 rings (SSSR count). The van der Waals surface area contributed by atoms with E-state index in [-0.39, 0.29) is 5.60 Å². The number of piperidine rings is 1. The quantitative estimate of drug-likeness (QED) is 0.770. The molecular weight excluding hydrogens is 342 g/mol. The summed E-state index contributed by atoms with van der Waals surface area (Å²) in [5.74, 6) is 1.11. The Morgan fingerprint density at radius 2 is 1.88 bits per heavy atom. The standard InChI is InChI=1S/C18H27NO5S/c1-22-13-7-15-8-14-24-18(15)9-11-19(12-10-18)25(20,21)17-5-3-16(23-2)4-6-17/h3-6,15H,7-14H2,1-2H3/t15-/m0/s1. The summed E-state index contributed by atoms with van der Waals surface area (Å²) < 4.78 is 43.7. The van der Waals surface area contributed by atoms with Gasteiger partial charge >= 0.3 is 0 Å². The third kappa shape index (κ3) is 3.69. The van der Waals surface area contributed by atoms with Crippen LogP contribution in [0.2, 0.25) is 0 Å². The lowest BCUT2D eigenvalue weighted by atomic mass is 9.78. The maximum atomic E-state index is 12.9. The first-order chi connectivity index (χ1) is 12.0. The van der Waals surface area contributed by atoms with Gasteiger partial charge in [-0.05, 0) is 55.9 Å². The molecule has 2 saturated heterocycles. The zero-order chi connectivity index (χ0) is 17.9. The maximum absolute atomic E-state index is 12.9. The third-order valence-corrected chi connectivity index (χ3v) is 7.45. The zero-order valence-corrected chi connectivity index (χ0v) is 15.8. The van der Waals surface area contributed by atoms with Crippen LogP contribution in [0.15, 0.2) is 29.2 Å². The Labute approximate surface area is 150 Å². The molecule has 6 nitrogen and oxygen atoms in total. The van der Waals surface area contributed by atoms with Crippen LogP contribution < -0.4 is 4.74 Å². The number of rotatable bonds is 6. The van der Waals surface area contributed by atoms with Gasteiger partial charge in [0, 0.05) is 33.4 Å². The van der Waals surface area contributed by atoms with E-state index >= 15 is 0 Å². The predicted octanol–water partition coefficient (Wildman–Crippen LogP) is 2.29. The van der Waals surface area contributed by atoms with E-state index in [1.165, 1.54) is 0 Å². The largest absolute Gasteiger partial charge is 0.497 e. The topological polar surface area (TPSA) is 65.1 Å². The van der Waals surface area contributed by atoms with Crippen molar-refractivity contribution in [1.82, 2.24) is 4.31 Å². The monoisotopic (exact) mass is 369 g/mol. The number of hydrogen-bond donors (Lipinski definition) is 0. The first-order valence-electron chi connectivity index (χ1n) is 8.79. The van der Waals surface area contributed by atoms with Crippen molar-refractivity contribution in [3.8, 4) is 5.75 Å². The Morgan fingerprint density at radius 1 is 1.20 bits per heavy atom. The molecule has 0 unspecified atom stereocenters. The Balaban J connectivity index is 1.68. The lowest BCUT2D eigenvalue weighted by Crippen LogP contribution is -2.49. The Hall–Kier alpha value is -1.15. The molecular formula is C18H27NO5S. The Bertz CT molecular complexity index is 665. The predicted molar refractivity (Wildman–Crippen MR) is 94.3 cm³/mol. The number of ether oxygens (including phenoxy) is 3. The van der Waals surface area contributed by atoms with Gasteiger partial charge in [-0.1, -0.05) is 0 Å². The first-order valence-corrected chi connectivity index (χ1v) is 10.2. The second-order valence-electron chi connectivity index (χ2n) is 6.76. The fraction of sp³-hybridized carbons (Fsp3) is 0.667. The van der Waals surface area contributed by atoms with Crippen molar-refractivity contribution in [2.75, 3.05) is 40.5 Å². The fourth-order valence-corrected chi connectivity index (χ4v) is 5.45. The number of methoxy groups -OCH3 is 2. The molecule has 140 valence electrons. The summed E-state index contributed by atoms with van der Waals surface area (Å²) in [6, 6.07) is 6.57. The minimum absolute atomic E-state index is 0.176. The number of nitrogens with zero attached hydrogens (tertiary/aromatic N) is 1. The van der Waals surface area contributed by atoms with Crippen molar-refractivity contribution in [2.24, 2.45) is 5.92 Å². The van der Waals surface area contributed by atoms with Gasteiger partial charge in [0.2, 0.25) is 10.0 Å². The molecule has 1 atom stereocenters. The van der Waals surface area contributed by atoms with Crippen molar-refractivity contribution in [3.63, 3.8) is 0 Å². The average Bonchev–Trinajstić information content (AvgIpc) is 3.02. The second-order valence-corrected chi connectivity index (χ2v) is 8.70. The highest BCUT2D eigenvalue weighted by Gasteiger charge is 2.47. The molecule has 7 heteroatoms. The molecule has 0 bridgehead atoms. The van der Waals surface area contributed by atoms with E-state index in [0.29, 0.717) is 29.7 Å². The Morgan fingerprint density at radius 3 is 2.48 bits per heavy atom. The lowest BCUT2D eigenvalue weighted by molar-refractivity contribution is -0.0603. The zero-order valence-electron chi connectivity index (χ0n) is 14.9. The van der Waals surface area contributed by atoms with Crippen LogP contribution in [0.3, 0.4) is 0 Å². The molecule has 0 saturated carbocycles. The normalized spacial score (nSPS) is 23.8. The SMILES string of the molecule is COCC[C@H]1CCOC12CCN(S(=O)(=O)c1ccc(OC)cc1)CC2. The molecule has 2 heterocycles. The maximum Gasteiger partial charge on any atom is 0.243 e. The minimum atomic E-state index is -3.47. The fourth-order valence-electron chi connectivity index (χ4n) is 4.01. The highest BCUT2D eigenvalue weighted by atomic mass is 32.2. The van der Waals surface area contributed by atoms with Gasteiger partial charge < -0.3 is 14.2 Å². The van der Waals surface area contributed by atoms with Crippen LogP contribution in [0.5, 0.6) is 5.75 Å². The molecule has 0 aromatic heterocycles. The van der Waals surface area contributed by atoms with Crippen LogP contribution in [-0.2, 0) is 19.5 Å². The van der Waals surface area contributed by atoms with Crippen molar-refractivity contribution in [3.05, 3.63) is 24.3 Å². The van der Waals surface area contributed by atoms with Crippen molar-refractivity contribution < 1.29 is 22.6 Å². The van der Waals surface area contributed by atoms with Crippen molar-refractivity contribution >= 4 is 10.0 Å². The summed E-state index contributed by atoms with van der Waals surface area (Å²) in [5.41, 5.74) is -0.176. The summed E-state index contributed by atoms with van der Waals surface area (Å²) in [6.45, 7) is 2.49. The van der Waals surface area contributed by atoms with E-state index in [1.807, 2.05) is 0 Å². The van der Waals surface area contributed by atoms with Crippen LogP contribution in [-0.4, -0.2) is 58.8 Å². The Kier molecular flexibility index (Phi) is 5.68. The minimum Gasteiger partial charge on any atom is -0.497 e. The van der Waals surface area contributed by atoms with Gasteiger partial charge in [0.25, 0.3) is 0 Å². The molecule has 2 aliphatic rings. The summed E-state index contributed by atoms with van der Waals surface area (Å²) in [6.07, 6.45) is 3.50. The third-order valence-electron chi connectivity index (χ3n) is 5.54. The van der Waals surface area contributed by atoms with E-state index in [4.69, 9.17) is 14.2 Å². The van der Waals surface area contributed by atoms with Crippen molar-refractivity contribution in [2.45, 2.75) is 36.2 Å². The first kappa shape index (κ1) is 18.6. The van der Waals surface area contributed by atoms with Gasteiger partial charge in [-0.15, -0.1) is 0 Å². The van der Waals surface area contributed by atoms with E-state index in [9.17, 15) is 8.42 Å². The van der Waals surface area contributed by atoms with Gasteiger partial charge in [0.05, 0.1) is 17.6 Å². The number of sulfonamides is 1. The van der Waals surface area contributed by atoms with Crippen molar-refractivity contribution in [1.29, 1.82) is 0 Å². The number of benzene rings is 1. The summed E-state index contributed by atoms with van der Waals surface area (Å²) in [5, 5.41) is 0. The van der Waals surface area contributed by atoms with Gasteiger partial charge in [-0.2, -0.15) is 4.31 Å². The van der Waals surface area contributed by atoms with Crippen LogP contribution in [0, 0.1) is 5.92 Å². The smallest absolute Gasteiger partial charge is 0.243 e. The van der Waals surface area contributed by atoms with Crippen LogP contribution in [0.25, 0.3) is 0 Å². The van der Waals surface area contributed by atoms with Crippen LogP contribution in [0.1, 0.15) is 25.7 Å². The molecule has 0 radical (unpaired) electrons. The van der Waals surface area contributed by atoms with Gasteiger partial charge in [0.15, 0.2) is 0 Å². The van der Waals surface area contributed by atoms with Gasteiger partial charge in [0.1, 0.15) is 5.75 Å². The highest BCUT2D eigenvalue weighted by molar-refractivity contribution is 7.89. The van der Waals surface area contributed by atoms with Gasteiger partial charge in [-0.25, -0.2) is 8.42 Å². The molecule has 2 fully saturated rings. The average molecular weight is 369 g/mol. The van der Waals surface area contributed by atoms with Gasteiger partial charge in [-0.3, -0.25) is 0 Å². The summed E-state index contributed by atoms with van der Waals surface area (Å²) in [7, 11) is -0.191. The molecule has 2 aliphatic heterocycles. The molecule has 1 spiro atoms.